The van der Waals surface area contributed by atoms with Crippen LogP contribution in [0.15, 0.2) is 90.5 Å². The van der Waals surface area contributed by atoms with Crippen LogP contribution in [0.5, 0.6) is 11.5 Å². The molecule has 6 nitrogen and oxygen atoms in total. The number of nitrogens with zero attached hydrogens (tertiary/aromatic N) is 2. The maximum atomic E-state index is 11.8. The van der Waals surface area contributed by atoms with Gasteiger partial charge in [0.25, 0.3) is 0 Å². The fraction of sp³-hybridized carbons (Fsp3) is 0.292. The van der Waals surface area contributed by atoms with E-state index in [-0.39, 0.29) is 5.57 Å². The molecule has 5 heterocycles. The Kier molecular flexibility index (Phi) is 11.9. The Morgan fingerprint density at radius 2 is 1.32 bits per heavy atom. The molecule has 0 saturated heterocycles. The largest absolute Gasteiger partial charge is 0.485 e. The van der Waals surface area contributed by atoms with E-state index in [0.717, 1.165) is 80.8 Å². The molecule has 1 N–H and O–H groups in total. The van der Waals surface area contributed by atoms with E-state index in [2.05, 4.69) is 103 Å². The lowest BCUT2D eigenvalue weighted by atomic mass is 10.0. The van der Waals surface area contributed by atoms with Gasteiger partial charge < -0.3 is 19.1 Å². The molecule has 3 aromatic carbocycles. The van der Waals surface area contributed by atoms with Crippen molar-refractivity contribution in [2.75, 3.05) is 13.2 Å². The minimum absolute atomic E-state index is 0.248. The second-order valence-corrected chi connectivity index (χ2v) is 17.8. The first-order valence-corrected chi connectivity index (χ1v) is 22.6. The van der Waals surface area contributed by atoms with Gasteiger partial charge in [-0.25, -0.2) is 4.79 Å². The van der Waals surface area contributed by atoms with Crippen molar-refractivity contribution >= 4 is 67.9 Å². The Morgan fingerprint density at radius 1 is 0.719 bits per heavy atom. The first kappa shape index (κ1) is 38.7. The maximum absolute atomic E-state index is 11.8. The average molecular weight is 811 g/mol. The molecule has 0 atom stereocenters. The Morgan fingerprint density at radius 3 is 1.91 bits per heavy atom. The summed E-state index contributed by atoms with van der Waals surface area (Å²) in [4.78, 5) is 18.3. The summed E-state index contributed by atoms with van der Waals surface area (Å²) in [6, 6.07) is 32.3. The van der Waals surface area contributed by atoms with Crippen molar-refractivity contribution in [1.82, 2.24) is 4.57 Å². The molecule has 0 spiro atoms. The van der Waals surface area contributed by atoms with Crippen molar-refractivity contribution in [3.8, 4) is 53.2 Å². The number of fused-ring (bicyclic) bond motifs is 4. The number of hydrogen-bond donors (Lipinski definition) is 1. The van der Waals surface area contributed by atoms with Gasteiger partial charge in [0.05, 0.1) is 25.7 Å². The first-order chi connectivity index (χ1) is 28.0. The monoisotopic (exact) mass is 810 g/mol. The number of para-hydroxylation sites is 2. The molecule has 1 aliphatic heterocycles. The smallest absolute Gasteiger partial charge is 0.346 e. The van der Waals surface area contributed by atoms with Gasteiger partial charge >= 0.3 is 5.97 Å². The molecular weight excluding hydrogens is 765 g/mol. The Balaban J connectivity index is 1.20. The number of unbranched alkanes of at least 4 members (excludes halogenated alkanes) is 6. The Bertz CT molecular complexity index is 2560. The third-order valence-corrected chi connectivity index (χ3v) is 14.5. The molecule has 0 radical (unpaired) electrons. The fourth-order valence-electron chi connectivity index (χ4n) is 7.86. The van der Waals surface area contributed by atoms with Gasteiger partial charge in [-0.05, 0) is 84.8 Å². The molecule has 290 valence electrons. The number of ether oxygens (including phenoxy) is 2. The zero-order chi connectivity index (χ0) is 39.3. The molecule has 0 aliphatic carbocycles. The van der Waals surface area contributed by atoms with Crippen molar-refractivity contribution in [3.63, 3.8) is 0 Å². The van der Waals surface area contributed by atoms with Crippen molar-refractivity contribution in [2.24, 2.45) is 0 Å². The lowest BCUT2D eigenvalue weighted by Gasteiger charge is -2.17. The molecule has 1 aliphatic rings. The third kappa shape index (κ3) is 7.91. The highest BCUT2D eigenvalue weighted by molar-refractivity contribution is 7.28. The summed E-state index contributed by atoms with van der Waals surface area (Å²) in [6.45, 7) is 5.46. The van der Waals surface area contributed by atoms with Crippen molar-refractivity contribution in [1.29, 1.82) is 5.26 Å². The Labute approximate surface area is 346 Å². The number of nitriles is 1. The Hall–Kier alpha value is -5.14. The normalized spacial score (nSPS) is 12.8. The van der Waals surface area contributed by atoms with E-state index in [1.807, 2.05) is 6.07 Å². The molecule has 9 heteroatoms. The summed E-state index contributed by atoms with van der Waals surface area (Å²) in [5, 5.41) is 21.6. The average Bonchev–Trinajstić information content (AvgIpc) is 4.02. The minimum Gasteiger partial charge on any atom is -0.485 e. The molecular formula is C48H46N2O4S3. The van der Waals surface area contributed by atoms with E-state index in [1.165, 1.54) is 74.4 Å². The number of carbonyl (C=O) groups is 1. The molecule has 0 unspecified atom stereocenters. The van der Waals surface area contributed by atoms with Crippen molar-refractivity contribution in [3.05, 3.63) is 107 Å². The standard InChI is InChI=1S/C48H46N2O4S3/c1-3-5-7-9-15-32-27-36(28-34(30-49)48(51)52)55-44(32)41-29-33(16-10-8-6-4-2)46(56-41)47-43-42(53-25-26-54-43)45(57-47)31-21-23-35(24-22-31)50-39-19-13-11-17-37(39)38-18-12-14-20-40(38)50/h11-14,17-24,27-29H,3-10,15-16,25-26H2,1-2H3,(H,51,52). The van der Waals surface area contributed by atoms with Crippen LogP contribution in [0, 0.1) is 11.3 Å². The summed E-state index contributed by atoms with van der Waals surface area (Å²) in [7, 11) is 0. The van der Waals surface area contributed by atoms with E-state index < -0.39 is 5.97 Å². The van der Waals surface area contributed by atoms with E-state index in [0.29, 0.717) is 13.2 Å². The van der Waals surface area contributed by atoms with Crippen LogP contribution in [0.2, 0.25) is 0 Å². The summed E-state index contributed by atoms with van der Waals surface area (Å²) in [5.74, 6) is 0.438. The van der Waals surface area contributed by atoms with Crippen LogP contribution in [0.3, 0.4) is 0 Å². The second-order valence-electron chi connectivity index (χ2n) is 14.6. The van der Waals surface area contributed by atoms with E-state index in [9.17, 15) is 15.2 Å². The molecule has 0 amide bonds. The number of carboxylic acid groups (broad SMARTS) is 1. The van der Waals surface area contributed by atoms with E-state index >= 15 is 0 Å². The maximum Gasteiger partial charge on any atom is 0.346 e. The number of carboxylic acids is 1. The fourth-order valence-corrected chi connectivity index (χ4v) is 11.7. The van der Waals surface area contributed by atoms with Crippen LogP contribution in [0.4, 0.5) is 0 Å². The molecule has 8 rings (SSSR count). The molecule has 0 fully saturated rings. The lowest BCUT2D eigenvalue weighted by Crippen LogP contribution is -2.14. The van der Waals surface area contributed by atoms with Gasteiger partial charge in [0, 0.05) is 31.1 Å². The molecule has 4 aromatic heterocycles. The predicted molar refractivity (Wildman–Crippen MR) is 239 cm³/mol. The quantitative estimate of drug-likeness (QED) is 0.0597. The summed E-state index contributed by atoms with van der Waals surface area (Å²) < 4.78 is 15.3. The lowest BCUT2D eigenvalue weighted by molar-refractivity contribution is -0.132. The van der Waals surface area contributed by atoms with Gasteiger partial charge in [-0.2, -0.15) is 5.26 Å². The number of benzene rings is 3. The summed E-state index contributed by atoms with van der Waals surface area (Å²) >= 11 is 5.13. The second kappa shape index (κ2) is 17.6. The third-order valence-electron chi connectivity index (χ3n) is 10.7. The van der Waals surface area contributed by atoms with Crippen LogP contribution in [-0.2, 0) is 17.6 Å². The molecule has 0 saturated carbocycles. The molecule has 0 bridgehead atoms. The van der Waals surface area contributed by atoms with Gasteiger partial charge in [-0.15, -0.1) is 34.0 Å². The van der Waals surface area contributed by atoms with E-state index in [4.69, 9.17) is 9.47 Å². The number of rotatable bonds is 16. The summed E-state index contributed by atoms with van der Waals surface area (Å²) in [5.41, 5.74) is 6.85. The first-order valence-electron chi connectivity index (χ1n) is 20.1. The highest BCUT2D eigenvalue weighted by Crippen LogP contribution is 2.57. The molecule has 7 aromatic rings. The van der Waals surface area contributed by atoms with Crippen LogP contribution in [0.25, 0.3) is 63.5 Å². The van der Waals surface area contributed by atoms with Crippen LogP contribution < -0.4 is 9.47 Å². The number of aliphatic carboxylic acids is 1. The van der Waals surface area contributed by atoms with Crippen molar-refractivity contribution in [2.45, 2.75) is 78.1 Å². The van der Waals surface area contributed by atoms with Crippen LogP contribution in [0.1, 0.15) is 81.2 Å². The number of aromatic nitrogens is 1. The van der Waals surface area contributed by atoms with Crippen LogP contribution >= 0.6 is 34.0 Å². The van der Waals surface area contributed by atoms with Gasteiger partial charge in [0.15, 0.2) is 11.5 Å². The highest BCUT2D eigenvalue weighted by atomic mass is 32.1. The van der Waals surface area contributed by atoms with Gasteiger partial charge in [0.2, 0.25) is 0 Å². The van der Waals surface area contributed by atoms with Crippen LogP contribution in [-0.4, -0.2) is 28.9 Å². The van der Waals surface area contributed by atoms with Gasteiger partial charge in [-0.1, -0.05) is 101 Å². The number of hydrogen-bond acceptors (Lipinski definition) is 7. The zero-order valence-electron chi connectivity index (χ0n) is 32.4. The predicted octanol–water partition coefficient (Wildman–Crippen LogP) is 14.0. The minimum atomic E-state index is -1.20. The SMILES string of the molecule is CCCCCCc1cc(C=C(C#N)C(=O)O)sc1-c1cc(CCCCCC)c(-c2sc(-c3ccc(-n4c5ccccc5c5ccccc54)cc3)c3c2OCCO3)s1. The topological polar surface area (TPSA) is 84.5 Å². The zero-order valence-corrected chi connectivity index (χ0v) is 34.9. The van der Waals surface area contributed by atoms with Crippen molar-refractivity contribution < 1.29 is 19.4 Å². The van der Waals surface area contributed by atoms with Gasteiger partial charge in [-0.3, -0.25) is 0 Å². The summed E-state index contributed by atoms with van der Waals surface area (Å²) in [6.07, 6.45) is 12.6. The molecule has 57 heavy (non-hydrogen) atoms. The number of aryl methyl sites for hydroxylation is 2. The van der Waals surface area contributed by atoms with Gasteiger partial charge in [0.1, 0.15) is 24.9 Å². The van der Waals surface area contributed by atoms with E-state index in [1.54, 1.807) is 34.0 Å². The number of thiophene rings is 3. The highest BCUT2D eigenvalue weighted by Gasteiger charge is 2.29.